The van der Waals surface area contributed by atoms with Gasteiger partial charge in [0.1, 0.15) is 11.5 Å². The Morgan fingerprint density at radius 2 is 1.84 bits per heavy atom. The summed E-state index contributed by atoms with van der Waals surface area (Å²) in [4.78, 5) is 8.03. The van der Waals surface area contributed by atoms with Crippen LogP contribution in [-0.4, -0.2) is 50.5 Å². The van der Waals surface area contributed by atoms with Crippen molar-refractivity contribution in [1.29, 1.82) is 0 Å². The number of phenolic OH excluding ortho intramolecular Hbond substituents is 1. The van der Waals surface area contributed by atoms with Crippen LogP contribution in [0.25, 0.3) is 10.9 Å². The molecule has 0 radical (unpaired) electrons. The minimum atomic E-state index is 0.125. The summed E-state index contributed by atoms with van der Waals surface area (Å²) in [5.41, 5.74) is 2.85. The molecule has 4 N–H and O–H groups in total. The molecule has 0 amide bonds. The van der Waals surface area contributed by atoms with Gasteiger partial charge in [0.05, 0.1) is 33.4 Å². The largest absolute Gasteiger partial charge is 0.504 e. The number of aryl methyl sites for hydroxylation is 1. The van der Waals surface area contributed by atoms with Gasteiger partial charge in [-0.1, -0.05) is 12.1 Å². The lowest BCUT2D eigenvalue weighted by Gasteiger charge is -2.12. The third-order valence-corrected chi connectivity index (χ3v) is 5.15. The van der Waals surface area contributed by atoms with Gasteiger partial charge >= 0.3 is 0 Å². The molecular weight excluding hydrogens is 408 g/mol. The Balaban J connectivity index is 1.58. The van der Waals surface area contributed by atoms with Crippen LogP contribution in [0.15, 0.2) is 41.4 Å². The lowest BCUT2D eigenvalue weighted by molar-refractivity contribution is 0.370. The number of fused-ring (bicyclic) bond motifs is 1. The number of aromatic hydroxyl groups is 1. The number of methoxy groups -OCH3 is 3. The van der Waals surface area contributed by atoms with Crippen LogP contribution in [0.2, 0.25) is 0 Å². The lowest BCUT2D eigenvalue weighted by Crippen LogP contribution is -2.37. The third kappa shape index (κ3) is 5.57. The number of hydrogen-bond donors (Lipinski definition) is 4. The smallest absolute Gasteiger partial charge is 0.191 e. The Morgan fingerprint density at radius 1 is 1.03 bits per heavy atom. The summed E-state index contributed by atoms with van der Waals surface area (Å²) in [5.74, 6) is 2.84. The fraction of sp³-hybridized carbons (Fsp3) is 0.375. The molecule has 0 aliphatic heterocycles. The van der Waals surface area contributed by atoms with Gasteiger partial charge < -0.3 is 34.9 Å². The zero-order chi connectivity index (χ0) is 22.9. The highest BCUT2D eigenvalue weighted by Crippen LogP contribution is 2.32. The van der Waals surface area contributed by atoms with E-state index < -0.39 is 0 Å². The second-order valence-electron chi connectivity index (χ2n) is 7.28. The van der Waals surface area contributed by atoms with E-state index in [0.29, 0.717) is 23.8 Å². The van der Waals surface area contributed by atoms with Crippen molar-refractivity contribution in [3.05, 3.63) is 47.7 Å². The van der Waals surface area contributed by atoms with Gasteiger partial charge in [-0.2, -0.15) is 0 Å². The van der Waals surface area contributed by atoms with Crippen molar-refractivity contribution in [1.82, 2.24) is 15.6 Å². The van der Waals surface area contributed by atoms with E-state index in [1.54, 1.807) is 20.3 Å². The van der Waals surface area contributed by atoms with Crippen molar-refractivity contribution in [3.63, 3.8) is 0 Å². The molecule has 0 bridgehead atoms. The number of nitrogens with zero attached hydrogens (tertiary/aromatic N) is 1. The maximum absolute atomic E-state index is 10.2. The molecule has 172 valence electrons. The van der Waals surface area contributed by atoms with Gasteiger partial charge in [0.25, 0.3) is 0 Å². The standard InChI is InChI=1S/C24H32N4O4/c1-5-25-24(27-15-16-8-6-10-21(31-3)23(16)29)26-11-7-9-17-12-19-20(28-17)13-18(30-2)14-22(19)32-4/h6,8,10,12-14,28-29H,5,7,9,11,15H2,1-4H3,(H2,25,26,27). The molecule has 1 aromatic heterocycles. The number of aromatic amines is 1. The van der Waals surface area contributed by atoms with Crippen molar-refractivity contribution >= 4 is 16.9 Å². The summed E-state index contributed by atoms with van der Waals surface area (Å²) < 4.78 is 16.0. The zero-order valence-electron chi connectivity index (χ0n) is 19.1. The number of ether oxygens (including phenoxy) is 3. The summed E-state index contributed by atoms with van der Waals surface area (Å²) in [6.07, 6.45) is 1.80. The van der Waals surface area contributed by atoms with Gasteiger partial charge in [-0.05, 0) is 31.9 Å². The highest BCUT2D eigenvalue weighted by atomic mass is 16.5. The average molecular weight is 441 g/mol. The zero-order valence-corrected chi connectivity index (χ0v) is 19.1. The number of benzene rings is 2. The number of nitrogens with one attached hydrogen (secondary N) is 3. The fourth-order valence-electron chi connectivity index (χ4n) is 3.51. The van der Waals surface area contributed by atoms with E-state index in [1.807, 2.05) is 31.2 Å². The van der Waals surface area contributed by atoms with Crippen LogP contribution in [0, 0.1) is 0 Å². The molecule has 1 heterocycles. The summed E-state index contributed by atoms with van der Waals surface area (Å²) >= 11 is 0. The van der Waals surface area contributed by atoms with E-state index in [1.165, 1.54) is 7.11 Å². The van der Waals surface area contributed by atoms with Gasteiger partial charge in [0.2, 0.25) is 0 Å². The normalized spacial score (nSPS) is 11.4. The monoisotopic (exact) mass is 440 g/mol. The molecule has 2 aromatic carbocycles. The van der Waals surface area contributed by atoms with Gasteiger partial charge in [0.15, 0.2) is 17.5 Å². The Bertz CT molecular complexity index is 1060. The molecule has 3 rings (SSSR count). The van der Waals surface area contributed by atoms with Gasteiger partial charge in [0, 0.05) is 41.9 Å². The number of phenols is 1. The molecule has 8 heteroatoms. The van der Waals surface area contributed by atoms with Crippen LogP contribution < -0.4 is 24.8 Å². The summed E-state index contributed by atoms with van der Waals surface area (Å²) in [6.45, 7) is 3.87. The van der Waals surface area contributed by atoms with E-state index in [4.69, 9.17) is 14.2 Å². The first kappa shape index (κ1) is 23.1. The summed E-state index contributed by atoms with van der Waals surface area (Å²) in [6, 6.07) is 11.4. The SMILES string of the molecule is CCNC(=NCc1cccc(OC)c1O)NCCCc1cc2c(OC)cc(OC)cc2[nH]1. The minimum absolute atomic E-state index is 0.125. The van der Waals surface area contributed by atoms with Gasteiger partial charge in [-0.15, -0.1) is 0 Å². The first-order chi connectivity index (χ1) is 15.6. The fourth-order valence-corrected chi connectivity index (χ4v) is 3.51. The molecule has 0 aliphatic rings. The van der Waals surface area contributed by atoms with Crippen LogP contribution >= 0.6 is 0 Å². The van der Waals surface area contributed by atoms with E-state index in [0.717, 1.165) is 54.0 Å². The van der Waals surface area contributed by atoms with E-state index in [9.17, 15) is 5.11 Å². The molecule has 0 unspecified atom stereocenters. The highest BCUT2D eigenvalue weighted by Gasteiger charge is 2.10. The number of rotatable bonds is 10. The van der Waals surface area contributed by atoms with Crippen LogP contribution in [0.1, 0.15) is 24.6 Å². The number of para-hydroxylation sites is 1. The van der Waals surface area contributed by atoms with Gasteiger partial charge in [-0.3, -0.25) is 0 Å². The van der Waals surface area contributed by atoms with Gasteiger partial charge in [-0.25, -0.2) is 4.99 Å². The van der Waals surface area contributed by atoms with Crippen molar-refractivity contribution in [3.8, 4) is 23.0 Å². The maximum atomic E-state index is 10.2. The molecule has 0 atom stereocenters. The molecular formula is C24H32N4O4. The minimum Gasteiger partial charge on any atom is -0.504 e. The predicted molar refractivity (Wildman–Crippen MR) is 127 cm³/mol. The quantitative estimate of drug-likeness (QED) is 0.218. The van der Waals surface area contributed by atoms with E-state index >= 15 is 0 Å². The Labute approximate surface area is 188 Å². The molecule has 0 aliphatic carbocycles. The first-order valence-corrected chi connectivity index (χ1v) is 10.7. The Kier molecular flexibility index (Phi) is 8.08. The second kappa shape index (κ2) is 11.2. The molecule has 0 saturated carbocycles. The Hall–Kier alpha value is -3.55. The highest BCUT2D eigenvalue weighted by molar-refractivity contribution is 5.88. The van der Waals surface area contributed by atoms with Crippen LogP contribution in [0.3, 0.4) is 0 Å². The van der Waals surface area contributed by atoms with Crippen LogP contribution in [0.5, 0.6) is 23.0 Å². The number of aliphatic imine (C=N–C) groups is 1. The van der Waals surface area contributed by atoms with Crippen LogP contribution in [0.4, 0.5) is 0 Å². The van der Waals surface area contributed by atoms with Crippen molar-refractivity contribution in [2.24, 2.45) is 4.99 Å². The van der Waals surface area contributed by atoms with Crippen molar-refractivity contribution in [2.45, 2.75) is 26.3 Å². The number of H-pyrrole nitrogens is 1. The molecule has 32 heavy (non-hydrogen) atoms. The number of aromatic nitrogens is 1. The molecule has 0 saturated heterocycles. The number of guanidine groups is 1. The first-order valence-electron chi connectivity index (χ1n) is 10.7. The maximum Gasteiger partial charge on any atom is 0.191 e. The summed E-state index contributed by atoms with van der Waals surface area (Å²) in [5, 5.41) is 17.9. The second-order valence-corrected chi connectivity index (χ2v) is 7.28. The third-order valence-electron chi connectivity index (χ3n) is 5.15. The predicted octanol–water partition coefficient (Wildman–Crippen LogP) is 3.59. The summed E-state index contributed by atoms with van der Waals surface area (Å²) in [7, 11) is 4.85. The molecule has 8 nitrogen and oxygen atoms in total. The topological polar surface area (TPSA) is 100 Å². The van der Waals surface area contributed by atoms with E-state index in [2.05, 4.69) is 26.7 Å². The lowest BCUT2D eigenvalue weighted by atomic mass is 10.2. The van der Waals surface area contributed by atoms with Crippen LogP contribution in [-0.2, 0) is 13.0 Å². The molecule has 0 fully saturated rings. The average Bonchev–Trinajstić information content (AvgIpc) is 3.23. The molecule has 0 spiro atoms. The molecule has 3 aromatic rings. The number of hydrogen-bond acceptors (Lipinski definition) is 5. The van der Waals surface area contributed by atoms with E-state index in [-0.39, 0.29) is 5.75 Å². The Morgan fingerprint density at radius 3 is 2.56 bits per heavy atom. The van der Waals surface area contributed by atoms with Crippen molar-refractivity contribution < 1.29 is 19.3 Å². The van der Waals surface area contributed by atoms with Crippen molar-refractivity contribution in [2.75, 3.05) is 34.4 Å².